The van der Waals surface area contributed by atoms with E-state index in [1.807, 2.05) is 6.07 Å². The number of hydrogen-bond acceptors (Lipinski definition) is 5. The molecule has 1 aromatic carbocycles. The first-order valence-electron chi connectivity index (χ1n) is 8.81. The van der Waals surface area contributed by atoms with Crippen molar-refractivity contribution in [1.29, 1.82) is 0 Å². The molecular weight excluding hydrogens is 308 g/mol. The number of carbonyl (C=O) groups is 1. The smallest absolute Gasteiger partial charge is 0.234 e. The molecule has 2 atom stereocenters. The number of benzene rings is 1. The van der Waals surface area contributed by atoms with Crippen LogP contribution in [0.1, 0.15) is 37.3 Å². The molecule has 0 aromatic heterocycles. The summed E-state index contributed by atoms with van der Waals surface area (Å²) in [5.74, 6) is 1.69. The Bertz CT molecular complexity index is 601. The topological polar surface area (TPSA) is 60.0 Å². The zero-order chi connectivity index (χ0) is 16.4. The Balaban J connectivity index is 1.35. The van der Waals surface area contributed by atoms with Gasteiger partial charge in [-0.05, 0) is 49.9 Å². The van der Waals surface area contributed by atoms with Crippen LogP contribution in [0.15, 0.2) is 18.2 Å². The Labute approximate surface area is 142 Å². The van der Waals surface area contributed by atoms with E-state index in [0.29, 0.717) is 19.9 Å². The van der Waals surface area contributed by atoms with Crippen LogP contribution in [-0.4, -0.2) is 49.9 Å². The van der Waals surface area contributed by atoms with E-state index in [1.54, 1.807) is 0 Å². The summed E-state index contributed by atoms with van der Waals surface area (Å²) in [6.45, 7) is 3.12. The van der Waals surface area contributed by atoms with E-state index in [-0.39, 0.29) is 18.1 Å². The third-order valence-corrected chi connectivity index (χ3v) is 5.04. The van der Waals surface area contributed by atoms with Crippen molar-refractivity contribution in [3.63, 3.8) is 0 Å². The Morgan fingerprint density at radius 1 is 1.21 bits per heavy atom. The fourth-order valence-corrected chi connectivity index (χ4v) is 3.79. The number of likely N-dealkylation sites (tertiary alicyclic amines) is 1. The average molecular weight is 332 g/mol. The Morgan fingerprint density at radius 2 is 2.12 bits per heavy atom. The van der Waals surface area contributed by atoms with Gasteiger partial charge in [0.15, 0.2) is 11.5 Å². The van der Waals surface area contributed by atoms with Crippen LogP contribution >= 0.6 is 0 Å². The van der Waals surface area contributed by atoms with Crippen molar-refractivity contribution in [3.8, 4) is 11.5 Å². The highest BCUT2D eigenvalue weighted by Gasteiger charge is 2.29. The van der Waals surface area contributed by atoms with Crippen LogP contribution in [0.5, 0.6) is 11.5 Å². The van der Waals surface area contributed by atoms with Crippen molar-refractivity contribution >= 4 is 5.91 Å². The molecule has 0 spiro atoms. The molecule has 6 nitrogen and oxygen atoms in total. The molecular formula is C18H24N2O4. The molecule has 3 aliphatic rings. The monoisotopic (exact) mass is 332 g/mol. The maximum Gasteiger partial charge on any atom is 0.234 e. The highest BCUT2D eigenvalue weighted by atomic mass is 16.7. The van der Waals surface area contributed by atoms with E-state index in [2.05, 4.69) is 22.3 Å². The summed E-state index contributed by atoms with van der Waals surface area (Å²) in [7, 11) is 0. The lowest BCUT2D eigenvalue weighted by Gasteiger charge is -2.24. The van der Waals surface area contributed by atoms with Gasteiger partial charge in [-0.25, -0.2) is 0 Å². The molecule has 3 aliphatic heterocycles. The zero-order valence-corrected chi connectivity index (χ0v) is 13.8. The second kappa shape index (κ2) is 6.99. The van der Waals surface area contributed by atoms with Gasteiger partial charge >= 0.3 is 0 Å². The molecule has 6 heteroatoms. The number of nitrogens with one attached hydrogen (secondary N) is 1. The van der Waals surface area contributed by atoms with Crippen LogP contribution in [0, 0.1) is 0 Å². The molecule has 3 heterocycles. The van der Waals surface area contributed by atoms with Gasteiger partial charge in [0.05, 0.1) is 12.6 Å². The SMILES string of the molecule is O=C(CN1CCC[C@@H]1c1ccc2c(c1)OCO2)NC[C@@H]1CCCO1. The van der Waals surface area contributed by atoms with Gasteiger partial charge in [0, 0.05) is 19.2 Å². The second-order valence-electron chi connectivity index (χ2n) is 6.68. The van der Waals surface area contributed by atoms with Crippen LogP contribution in [-0.2, 0) is 9.53 Å². The molecule has 2 saturated heterocycles. The van der Waals surface area contributed by atoms with Crippen LogP contribution in [0.2, 0.25) is 0 Å². The van der Waals surface area contributed by atoms with Gasteiger partial charge in [-0.1, -0.05) is 6.07 Å². The fourth-order valence-electron chi connectivity index (χ4n) is 3.79. The number of ether oxygens (including phenoxy) is 3. The van der Waals surface area contributed by atoms with Crippen molar-refractivity contribution in [2.24, 2.45) is 0 Å². The Hall–Kier alpha value is -1.79. The van der Waals surface area contributed by atoms with Gasteiger partial charge in [-0.2, -0.15) is 0 Å². The fraction of sp³-hybridized carbons (Fsp3) is 0.611. The lowest BCUT2D eigenvalue weighted by molar-refractivity contribution is -0.123. The summed E-state index contributed by atoms with van der Waals surface area (Å²) in [6, 6.07) is 6.37. The van der Waals surface area contributed by atoms with Crippen LogP contribution < -0.4 is 14.8 Å². The van der Waals surface area contributed by atoms with E-state index < -0.39 is 0 Å². The molecule has 0 aliphatic carbocycles. The maximum atomic E-state index is 12.3. The Morgan fingerprint density at radius 3 is 3.00 bits per heavy atom. The lowest BCUT2D eigenvalue weighted by Crippen LogP contribution is -2.39. The molecule has 2 fully saturated rings. The highest BCUT2D eigenvalue weighted by Crippen LogP contribution is 2.38. The minimum absolute atomic E-state index is 0.0816. The van der Waals surface area contributed by atoms with Gasteiger partial charge in [0.25, 0.3) is 0 Å². The van der Waals surface area contributed by atoms with Crippen molar-refractivity contribution < 1.29 is 19.0 Å². The standard InChI is InChI=1S/C18H24N2O4/c21-18(19-10-14-3-2-8-22-14)11-20-7-1-4-15(20)13-5-6-16-17(9-13)24-12-23-16/h5-6,9,14-15H,1-4,7-8,10-12H2,(H,19,21)/t14-,15+/m0/s1. The second-order valence-corrected chi connectivity index (χ2v) is 6.68. The molecule has 1 aromatic rings. The quantitative estimate of drug-likeness (QED) is 0.892. The van der Waals surface area contributed by atoms with Gasteiger partial charge in [-0.3, -0.25) is 9.69 Å². The largest absolute Gasteiger partial charge is 0.454 e. The number of nitrogens with zero attached hydrogens (tertiary/aromatic N) is 1. The van der Waals surface area contributed by atoms with Crippen molar-refractivity contribution in [2.75, 3.05) is 33.0 Å². The summed E-state index contributed by atoms with van der Waals surface area (Å²) < 4.78 is 16.4. The van der Waals surface area contributed by atoms with Gasteiger partial charge < -0.3 is 19.5 Å². The minimum Gasteiger partial charge on any atom is -0.454 e. The van der Waals surface area contributed by atoms with Gasteiger partial charge in [-0.15, -0.1) is 0 Å². The first kappa shape index (κ1) is 15.7. The molecule has 24 heavy (non-hydrogen) atoms. The molecule has 0 unspecified atom stereocenters. The summed E-state index contributed by atoms with van der Waals surface area (Å²) in [5.41, 5.74) is 1.20. The average Bonchev–Trinajstić information content (AvgIpc) is 3.33. The number of rotatable bonds is 5. The van der Waals surface area contributed by atoms with Gasteiger partial charge in [0.1, 0.15) is 0 Å². The van der Waals surface area contributed by atoms with Gasteiger partial charge in [0.2, 0.25) is 12.7 Å². The molecule has 1 amide bonds. The summed E-state index contributed by atoms with van der Waals surface area (Å²) >= 11 is 0. The van der Waals surface area contributed by atoms with Crippen LogP contribution in [0.3, 0.4) is 0 Å². The zero-order valence-electron chi connectivity index (χ0n) is 13.8. The number of carbonyl (C=O) groups excluding carboxylic acids is 1. The molecule has 0 radical (unpaired) electrons. The molecule has 0 bridgehead atoms. The van der Waals surface area contributed by atoms with Crippen LogP contribution in [0.25, 0.3) is 0 Å². The summed E-state index contributed by atoms with van der Waals surface area (Å²) in [6.07, 6.45) is 4.51. The lowest BCUT2D eigenvalue weighted by atomic mass is 10.0. The molecule has 1 N–H and O–H groups in total. The number of hydrogen-bond donors (Lipinski definition) is 1. The first-order chi connectivity index (χ1) is 11.8. The number of amides is 1. The van der Waals surface area contributed by atoms with E-state index in [4.69, 9.17) is 14.2 Å². The van der Waals surface area contributed by atoms with Crippen molar-refractivity contribution in [3.05, 3.63) is 23.8 Å². The van der Waals surface area contributed by atoms with Crippen LogP contribution in [0.4, 0.5) is 0 Å². The normalized spacial score (nSPS) is 26.0. The number of fused-ring (bicyclic) bond motifs is 1. The third-order valence-electron chi connectivity index (χ3n) is 5.04. The summed E-state index contributed by atoms with van der Waals surface area (Å²) in [5, 5.41) is 3.01. The van der Waals surface area contributed by atoms with E-state index in [9.17, 15) is 4.79 Å². The van der Waals surface area contributed by atoms with Crippen molar-refractivity contribution in [1.82, 2.24) is 10.2 Å². The predicted octanol–water partition coefficient (Wildman–Crippen LogP) is 1.85. The minimum atomic E-state index is 0.0816. The molecule has 4 rings (SSSR count). The molecule has 130 valence electrons. The van der Waals surface area contributed by atoms with Crippen molar-refractivity contribution in [2.45, 2.75) is 37.8 Å². The first-order valence-corrected chi connectivity index (χ1v) is 8.81. The summed E-state index contributed by atoms with van der Waals surface area (Å²) in [4.78, 5) is 14.5. The Kier molecular flexibility index (Phi) is 4.58. The molecule has 0 saturated carbocycles. The predicted molar refractivity (Wildman–Crippen MR) is 88.1 cm³/mol. The maximum absolute atomic E-state index is 12.3. The third kappa shape index (κ3) is 3.35. The highest BCUT2D eigenvalue weighted by molar-refractivity contribution is 5.78. The van der Waals surface area contributed by atoms with E-state index in [1.165, 1.54) is 5.56 Å². The van der Waals surface area contributed by atoms with E-state index >= 15 is 0 Å². The van der Waals surface area contributed by atoms with E-state index in [0.717, 1.165) is 50.3 Å².